The molecule has 3 atom stereocenters. The fraction of sp³-hybridized carbons (Fsp3) is 0.643. The number of likely N-dealkylation sites (tertiary alicyclic amines) is 1. The minimum Gasteiger partial charge on any atom is -0.342 e. The molecule has 2 aliphatic rings. The van der Waals surface area contributed by atoms with Gasteiger partial charge in [0.15, 0.2) is 5.78 Å². The Morgan fingerprint density at radius 1 is 1.53 bits per heavy atom. The van der Waals surface area contributed by atoms with Crippen LogP contribution < -0.4 is 0 Å². The lowest BCUT2D eigenvalue weighted by Gasteiger charge is -2.51. The van der Waals surface area contributed by atoms with E-state index in [2.05, 4.69) is 9.24 Å². The number of rotatable bonds is 1. The predicted molar refractivity (Wildman–Crippen MR) is 75.3 cm³/mol. The minimum absolute atomic E-state index is 0.00424. The summed E-state index contributed by atoms with van der Waals surface area (Å²) in [6.45, 7) is 6.98. The Balaban J connectivity index is 2.58. The molecule has 0 aromatic rings. The first-order valence-corrected chi connectivity index (χ1v) is 7.12. The maximum atomic E-state index is 12.6. The Labute approximate surface area is 116 Å². The molecule has 0 radical (unpaired) electrons. The van der Waals surface area contributed by atoms with E-state index >= 15 is 0 Å². The molecule has 1 aliphatic carbocycles. The van der Waals surface area contributed by atoms with Gasteiger partial charge in [0.2, 0.25) is 5.91 Å². The maximum absolute atomic E-state index is 12.6. The molecule has 1 heterocycles. The van der Waals surface area contributed by atoms with Crippen LogP contribution in [0.1, 0.15) is 27.2 Å². The largest absolute Gasteiger partial charge is 0.342 e. The van der Waals surface area contributed by atoms with Gasteiger partial charge in [-0.2, -0.15) is 5.26 Å². The first-order valence-electron chi connectivity index (χ1n) is 6.55. The van der Waals surface area contributed by atoms with Gasteiger partial charge in [0, 0.05) is 18.5 Å². The maximum Gasteiger partial charge on any atom is 0.236 e. The number of amides is 1. The number of hydrogen-bond donors (Lipinski definition) is 0. The van der Waals surface area contributed by atoms with Crippen molar-refractivity contribution >= 4 is 20.9 Å². The quantitative estimate of drug-likeness (QED) is 0.683. The third kappa shape index (κ3) is 1.83. The fourth-order valence-electron chi connectivity index (χ4n) is 3.36. The Morgan fingerprint density at radius 2 is 2.16 bits per heavy atom. The van der Waals surface area contributed by atoms with Crippen LogP contribution in [0.4, 0.5) is 0 Å². The minimum atomic E-state index is -0.809. The van der Waals surface area contributed by atoms with Gasteiger partial charge in [-0.25, -0.2) is 0 Å². The highest BCUT2D eigenvalue weighted by molar-refractivity contribution is 7.21. The molecular formula is C14H19N2O2P. The number of nitriles is 1. The summed E-state index contributed by atoms with van der Waals surface area (Å²) in [6, 6.07) is 1.95. The Hall–Kier alpha value is -1.20. The van der Waals surface area contributed by atoms with E-state index in [9.17, 15) is 9.59 Å². The second kappa shape index (κ2) is 4.42. The van der Waals surface area contributed by atoms with Gasteiger partial charge in [-0.3, -0.25) is 9.59 Å². The molecule has 0 aromatic carbocycles. The zero-order valence-electron chi connectivity index (χ0n) is 11.6. The fourth-order valence-corrected chi connectivity index (χ4v) is 4.30. The van der Waals surface area contributed by atoms with Crippen molar-refractivity contribution in [2.45, 2.75) is 32.3 Å². The summed E-state index contributed by atoms with van der Waals surface area (Å²) in [5.41, 5.74) is -0.556. The van der Waals surface area contributed by atoms with Crippen LogP contribution >= 0.6 is 9.24 Å². The smallest absolute Gasteiger partial charge is 0.236 e. The van der Waals surface area contributed by atoms with Gasteiger partial charge in [0.1, 0.15) is 6.07 Å². The number of allylic oxidation sites excluding steroid dienone is 1. The molecule has 1 aliphatic heterocycles. The Bertz CT molecular complexity index is 518. The molecule has 1 unspecified atom stereocenters. The third-order valence-electron chi connectivity index (χ3n) is 4.51. The monoisotopic (exact) mass is 278 g/mol. The molecule has 19 heavy (non-hydrogen) atoms. The van der Waals surface area contributed by atoms with E-state index in [0.717, 1.165) is 6.42 Å². The molecule has 102 valence electrons. The summed E-state index contributed by atoms with van der Waals surface area (Å²) >= 11 is 0. The van der Waals surface area contributed by atoms with Gasteiger partial charge in [0.05, 0.1) is 10.7 Å². The molecule has 0 spiro atoms. The van der Waals surface area contributed by atoms with Crippen LogP contribution in [0, 0.1) is 22.7 Å². The Morgan fingerprint density at radius 3 is 2.68 bits per heavy atom. The van der Waals surface area contributed by atoms with Gasteiger partial charge in [-0.15, -0.1) is 9.24 Å². The van der Waals surface area contributed by atoms with Crippen molar-refractivity contribution in [1.82, 2.24) is 4.90 Å². The van der Waals surface area contributed by atoms with E-state index in [1.807, 2.05) is 26.8 Å². The second-order valence-corrected chi connectivity index (χ2v) is 6.84. The van der Waals surface area contributed by atoms with E-state index in [4.69, 9.17) is 5.26 Å². The predicted octanol–water partition coefficient (Wildman–Crippen LogP) is 1.53. The molecule has 0 saturated carbocycles. The first-order chi connectivity index (χ1) is 8.79. The number of nitrogens with zero attached hydrogens (tertiary/aromatic N) is 2. The van der Waals surface area contributed by atoms with Crippen molar-refractivity contribution in [1.29, 1.82) is 5.26 Å². The van der Waals surface area contributed by atoms with Crippen LogP contribution in [0.2, 0.25) is 0 Å². The summed E-state index contributed by atoms with van der Waals surface area (Å²) < 4.78 is 0. The number of ketones is 1. The normalized spacial score (nSPS) is 33.5. The van der Waals surface area contributed by atoms with Crippen molar-refractivity contribution < 1.29 is 9.59 Å². The second-order valence-electron chi connectivity index (χ2n) is 5.88. The van der Waals surface area contributed by atoms with Crippen molar-refractivity contribution in [3.05, 3.63) is 11.6 Å². The third-order valence-corrected chi connectivity index (χ3v) is 5.32. The van der Waals surface area contributed by atoms with Crippen molar-refractivity contribution in [2.24, 2.45) is 11.3 Å². The molecule has 0 bridgehead atoms. The number of piperidine rings is 1. The van der Waals surface area contributed by atoms with Crippen LogP contribution in [-0.2, 0) is 9.59 Å². The molecule has 1 fully saturated rings. The number of carbonyl (C=O) groups excluding carboxylic acids is 2. The average molecular weight is 278 g/mol. The Kier molecular flexibility index (Phi) is 3.31. The van der Waals surface area contributed by atoms with Crippen LogP contribution in [0.15, 0.2) is 11.6 Å². The number of carbonyl (C=O) groups is 2. The van der Waals surface area contributed by atoms with E-state index in [0.29, 0.717) is 13.1 Å². The molecule has 0 aromatic heterocycles. The van der Waals surface area contributed by atoms with Gasteiger partial charge in [-0.1, -0.05) is 13.8 Å². The molecule has 0 N–H and O–H groups in total. The topological polar surface area (TPSA) is 61.2 Å². The summed E-state index contributed by atoms with van der Waals surface area (Å²) in [7, 11) is 2.61. The summed E-state index contributed by atoms with van der Waals surface area (Å²) in [6.07, 6.45) is 2.36. The molecule has 2 rings (SSSR count). The zero-order chi connectivity index (χ0) is 14.4. The van der Waals surface area contributed by atoms with Crippen molar-refractivity contribution in [3.8, 4) is 6.07 Å². The lowest BCUT2D eigenvalue weighted by Crippen LogP contribution is -2.61. The van der Waals surface area contributed by atoms with Crippen LogP contribution in [-0.4, -0.2) is 34.8 Å². The highest BCUT2D eigenvalue weighted by Crippen LogP contribution is 2.52. The summed E-state index contributed by atoms with van der Waals surface area (Å²) in [4.78, 5) is 26.7. The lowest BCUT2D eigenvalue weighted by atomic mass is 9.60. The van der Waals surface area contributed by atoms with Crippen LogP contribution in [0.25, 0.3) is 0 Å². The average Bonchev–Trinajstić information content (AvgIpc) is 2.37. The van der Waals surface area contributed by atoms with Gasteiger partial charge >= 0.3 is 0 Å². The molecular weight excluding hydrogens is 259 g/mol. The van der Waals surface area contributed by atoms with E-state index in [-0.39, 0.29) is 23.2 Å². The number of hydrogen-bond acceptors (Lipinski definition) is 3. The van der Waals surface area contributed by atoms with E-state index < -0.39 is 10.6 Å². The van der Waals surface area contributed by atoms with E-state index in [1.54, 1.807) is 11.0 Å². The molecule has 4 nitrogen and oxygen atoms in total. The standard InChI is InChI=1S/C14H19N2O2P/c1-4-16-6-5-10-13(2,3)11(17)9(8-15)7-14(10,19)12(16)18/h7,10H,4-6,19H2,1-3H3/t10-,14+/m1/s1. The van der Waals surface area contributed by atoms with E-state index in [1.165, 1.54) is 0 Å². The van der Waals surface area contributed by atoms with Crippen molar-refractivity contribution in [3.63, 3.8) is 0 Å². The molecule has 1 amide bonds. The highest BCUT2D eigenvalue weighted by Gasteiger charge is 2.57. The van der Waals surface area contributed by atoms with Gasteiger partial charge in [0.25, 0.3) is 0 Å². The first kappa shape index (κ1) is 14.2. The SMILES string of the molecule is CCN1CC[C@@H]2C(C)(C)C(=O)C(C#N)=C[C@@]2(P)C1=O. The van der Waals surface area contributed by atoms with Gasteiger partial charge in [-0.05, 0) is 25.3 Å². The zero-order valence-corrected chi connectivity index (χ0v) is 12.7. The summed E-state index contributed by atoms with van der Waals surface area (Å²) in [5, 5.41) is 8.33. The molecule has 1 saturated heterocycles. The van der Waals surface area contributed by atoms with Crippen molar-refractivity contribution in [2.75, 3.05) is 13.1 Å². The lowest BCUT2D eigenvalue weighted by molar-refractivity contribution is -0.142. The molecule has 5 heteroatoms. The highest BCUT2D eigenvalue weighted by atomic mass is 31.0. The summed E-state index contributed by atoms with van der Waals surface area (Å²) in [5.74, 6) is -0.203. The van der Waals surface area contributed by atoms with Crippen LogP contribution in [0.3, 0.4) is 0 Å². The number of Topliss-reactive ketones (excluding diaryl/α,β-unsaturated/α-hetero) is 1. The van der Waals surface area contributed by atoms with Gasteiger partial charge < -0.3 is 4.90 Å². The number of fused-ring (bicyclic) bond motifs is 1. The van der Waals surface area contributed by atoms with Crippen LogP contribution in [0.5, 0.6) is 0 Å².